The molecule has 1 aliphatic rings. The van der Waals surface area contributed by atoms with E-state index in [-0.39, 0.29) is 5.91 Å². The van der Waals surface area contributed by atoms with Gasteiger partial charge in [-0.1, -0.05) is 17.7 Å². The van der Waals surface area contributed by atoms with Crippen molar-refractivity contribution in [3.63, 3.8) is 0 Å². The van der Waals surface area contributed by atoms with E-state index in [2.05, 4.69) is 15.3 Å². The summed E-state index contributed by atoms with van der Waals surface area (Å²) in [4.78, 5) is 14.6. The molecule has 24 heavy (non-hydrogen) atoms. The molecule has 1 saturated heterocycles. The minimum Gasteiger partial charge on any atom is -0.379 e. The van der Waals surface area contributed by atoms with Gasteiger partial charge in [0.25, 0.3) is 5.91 Å². The van der Waals surface area contributed by atoms with E-state index < -0.39 is 0 Å². The summed E-state index contributed by atoms with van der Waals surface area (Å²) < 4.78 is 7.04. The number of carbonyl (C=O) groups is 1. The zero-order valence-corrected chi connectivity index (χ0v) is 14.4. The van der Waals surface area contributed by atoms with Gasteiger partial charge in [-0.05, 0) is 31.2 Å². The minimum atomic E-state index is -0.160. The van der Waals surface area contributed by atoms with Crippen LogP contribution in [0.4, 0.5) is 0 Å². The SMILES string of the molecule is Cc1cc(C(=O)NCCN2CCOCC2)nn1-c1cccc(Cl)c1. The van der Waals surface area contributed by atoms with Crippen molar-refractivity contribution in [3.8, 4) is 5.69 Å². The van der Waals surface area contributed by atoms with Crippen molar-refractivity contribution in [3.05, 3.63) is 46.7 Å². The average Bonchev–Trinajstić information content (AvgIpc) is 2.98. The molecule has 1 amide bonds. The summed E-state index contributed by atoms with van der Waals surface area (Å²) in [5.74, 6) is -0.160. The molecular formula is C17H21ClN4O2. The third-order valence-electron chi connectivity index (χ3n) is 3.99. The first-order valence-electron chi connectivity index (χ1n) is 8.04. The van der Waals surface area contributed by atoms with E-state index in [0.717, 1.165) is 44.2 Å². The number of ether oxygens (including phenoxy) is 1. The van der Waals surface area contributed by atoms with Crippen molar-refractivity contribution in [1.29, 1.82) is 0 Å². The number of nitrogens with zero attached hydrogens (tertiary/aromatic N) is 3. The number of aromatic nitrogens is 2. The Morgan fingerprint density at radius 1 is 1.33 bits per heavy atom. The predicted octanol–water partition coefficient (Wildman–Crippen LogP) is 1.90. The van der Waals surface area contributed by atoms with Crippen LogP contribution >= 0.6 is 11.6 Å². The second kappa shape index (κ2) is 7.79. The Hall–Kier alpha value is -1.89. The number of hydrogen-bond acceptors (Lipinski definition) is 4. The molecule has 3 rings (SSSR count). The van der Waals surface area contributed by atoms with Crippen molar-refractivity contribution in [2.45, 2.75) is 6.92 Å². The number of rotatable bonds is 5. The lowest BCUT2D eigenvalue weighted by Gasteiger charge is -2.26. The molecule has 1 fully saturated rings. The van der Waals surface area contributed by atoms with Gasteiger partial charge in [0.2, 0.25) is 0 Å². The summed E-state index contributed by atoms with van der Waals surface area (Å²) in [6.07, 6.45) is 0. The Morgan fingerprint density at radius 2 is 2.12 bits per heavy atom. The van der Waals surface area contributed by atoms with Crippen molar-refractivity contribution in [2.75, 3.05) is 39.4 Å². The molecule has 0 unspecified atom stereocenters. The summed E-state index contributed by atoms with van der Waals surface area (Å²) >= 11 is 6.02. The van der Waals surface area contributed by atoms with E-state index in [9.17, 15) is 4.79 Å². The van der Waals surface area contributed by atoms with E-state index in [1.807, 2.05) is 31.2 Å². The molecule has 1 aromatic heterocycles. The molecular weight excluding hydrogens is 328 g/mol. The fourth-order valence-electron chi connectivity index (χ4n) is 2.70. The molecule has 1 aromatic carbocycles. The maximum Gasteiger partial charge on any atom is 0.271 e. The highest BCUT2D eigenvalue weighted by Crippen LogP contribution is 2.16. The Labute approximate surface area is 146 Å². The maximum absolute atomic E-state index is 12.3. The van der Waals surface area contributed by atoms with Gasteiger partial charge in [-0.2, -0.15) is 5.10 Å². The van der Waals surface area contributed by atoms with Crippen molar-refractivity contribution in [2.24, 2.45) is 0 Å². The van der Waals surface area contributed by atoms with Crippen LogP contribution in [0.5, 0.6) is 0 Å². The topological polar surface area (TPSA) is 59.4 Å². The summed E-state index contributed by atoms with van der Waals surface area (Å²) in [6, 6.07) is 9.18. The van der Waals surface area contributed by atoms with Crippen molar-refractivity contribution < 1.29 is 9.53 Å². The standard InChI is InChI=1S/C17H21ClN4O2/c1-13-11-16(20-22(13)15-4-2-3-14(18)12-15)17(23)19-5-6-21-7-9-24-10-8-21/h2-4,11-12H,5-10H2,1H3,(H,19,23). The van der Waals surface area contributed by atoms with E-state index >= 15 is 0 Å². The molecule has 0 saturated carbocycles. The van der Waals surface area contributed by atoms with Crippen LogP contribution in [0.2, 0.25) is 5.02 Å². The summed E-state index contributed by atoms with van der Waals surface area (Å²) in [7, 11) is 0. The third-order valence-corrected chi connectivity index (χ3v) is 4.23. The number of carbonyl (C=O) groups excluding carboxylic acids is 1. The number of morpholine rings is 1. The fourth-order valence-corrected chi connectivity index (χ4v) is 2.88. The number of hydrogen-bond donors (Lipinski definition) is 1. The van der Waals surface area contributed by atoms with Crippen LogP contribution in [-0.4, -0.2) is 60.0 Å². The molecule has 2 aromatic rings. The average molecular weight is 349 g/mol. The highest BCUT2D eigenvalue weighted by molar-refractivity contribution is 6.30. The number of halogens is 1. The van der Waals surface area contributed by atoms with Crippen LogP contribution in [-0.2, 0) is 4.74 Å². The van der Waals surface area contributed by atoms with Crippen molar-refractivity contribution >= 4 is 17.5 Å². The molecule has 2 heterocycles. The van der Waals surface area contributed by atoms with Crippen LogP contribution < -0.4 is 5.32 Å². The Bertz CT molecular complexity index is 710. The van der Waals surface area contributed by atoms with Gasteiger partial charge in [0.1, 0.15) is 0 Å². The Kier molecular flexibility index (Phi) is 5.50. The number of nitrogens with one attached hydrogen (secondary N) is 1. The predicted molar refractivity (Wildman–Crippen MR) is 92.9 cm³/mol. The molecule has 0 aliphatic carbocycles. The van der Waals surface area contributed by atoms with Gasteiger partial charge in [-0.3, -0.25) is 9.69 Å². The van der Waals surface area contributed by atoms with Crippen LogP contribution in [0.3, 0.4) is 0 Å². The molecule has 1 aliphatic heterocycles. The third kappa shape index (κ3) is 4.14. The van der Waals surface area contributed by atoms with E-state index in [4.69, 9.17) is 16.3 Å². The molecule has 0 spiro atoms. The quantitative estimate of drug-likeness (QED) is 0.896. The van der Waals surface area contributed by atoms with Gasteiger partial charge < -0.3 is 10.1 Å². The highest BCUT2D eigenvalue weighted by atomic mass is 35.5. The largest absolute Gasteiger partial charge is 0.379 e. The normalized spacial score (nSPS) is 15.4. The fraction of sp³-hybridized carbons (Fsp3) is 0.412. The van der Waals surface area contributed by atoms with Crippen molar-refractivity contribution in [1.82, 2.24) is 20.0 Å². The molecule has 0 radical (unpaired) electrons. The summed E-state index contributed by atoms with van der Waals surface area (Å²) in [6.45, 7) is 6.69. The van der Waals surface area contributed by atoms with Gasteiger partial charge in [-0.15, -0.1) is 0 Å². The first-order valence-corrected chi connectivity index (χ1v) is 8.42. The molecule has 0 bridgehead atoms. The van der Waals surface area contributed by atoms with E-state index in [1.165, 1.54) is 0 Å². The second-order valence-corrected chi connectivity index (χ2v) is 6.21. The maximum atomic E-state index is 12.3. The van der Waals surface area contributed by atoms with Gasteiger partial charge in [0, 0.05) is 36.9 Å². The Morgan fingerprint density at radius 3 is 2.88 bits per heavy atom. The van der Waals surface area contributed by atoms with Gasteiger partial charge in [0.05, 0.1) is 18.9 Å². The lowest BCUT2D eigenvalue weighted by molar-refractivity contribution is 0.0383. The minimum absolute atomic E-state index is 0.160. The van der Waals surface area contributed by atoms with Gasteiger partial charge in [-0.25, -0.2) is 4.68 Å². The lowest BCUT2D eigenvalue weighted by atomic mass is 10.3. The second-order valence-electron chi connectivity index (χ2n) is 5.77. The molecule has 128 valence electrons. The zero-order chi connectivity index (χ0) is 16.9. The Balaban J connectivity index is 1.60. The summed E-state index contributed by atoms with van der Waals surface area (Å²) in [5, 5.41) is 7.96. The number of aryl methyl sites for hydroxylation is 1. The molecule has 0 atom stereocenters. The number of amides is 1. The van der Waals surface area contributed by atoms with E-state index in [0.29, 0.717) is 17.3 Å². The van der Waals surface area contributed by atoms with Gasteiger partial charge >= 0.3 is 0 Å². The van der Waals surface area contributed by atoms with Gasteiger partial charge in [0.15, 0.2) is 5.69 Å². The first kappa shape index (κ1) is 17.0. The van der Waals surface area contributed by atoms with Crippen LogP contribution in [0.1, 0.15) is 16.2 Å². The summed E-state index contributed by atoms with van der Waals surface area (Å²) in [5.41, 5.74) is 2.14. The molecule has 1 N–H and O–H groups in total. The zero-order valence-electron chi connectivity index (χ0n) is 13.7. The highest BCUT2D eigenvalue weighted by Gasteiger charge is 2.14. The number of benzene rings is 1. The van der Waals surface area contributed by atoms with Crippen LogP contribution in [0.25, 0.3) is 5.69 Å². The van der Waals surface area contributed by atoms with Crippen LogP contribution in [0.15, 0.2) is 30.3 Å². The van der Waals surface area contributed by atoms with E-state index in [1.54, 1.807) is 10.7 Å². The smallest absolute Gasteiger partial charge is 0.271 e. The first-order chi connectivity index (χ1) is 11.6. The molecule has 6 nitrogen and oxygen atoms in total. The monoisotopic (exact) mass is 348 g/mol. The van der Waals surface area contributed by atoms with Crippen LogP contribution in [0, 0.1) is 6.92 Å². The molecule has 7 heteroatoms. The lowest BCUT2D eigenvalue weighted by Crippen LogP contribution is -2.41.